The molecule has 168 valence electrons. The molecule has 3 heterocycles. The monoisotopic (exact) mass is 540 g/mol. The van der Waals surface area contributed by atoms with E-state index in [1.54, 1.807) is 0 Å². The summed E-state index contributed by atoms with van der Waals surface area (Å²) in [5.41, 5.74) is 0.165. The zero-order valence-corrected chi connectivity index (χ0v) is 21.0. The number of hydrogen-bond donors (Lipinski definition) is 1. The van der Waals surface area contributed by atoms with E-state index >= 15 is 0 Å². The summed E-state index contributed by atoms with van der Waals surface area (Å²) in [7, 11) is 0. The van der Waals surface area contributed by atoms with Gasteiger partial charge in [-0.1, -0.05) is 0 Å². The van der Waals surface area contributed by atoms with Crippen LogP contribution in [0.1, 0.15) is 33.1 Å². The van der Waals surface area contributed by atoms with Crippen molar-refractivity contribution in [3.05, 3.63) is 0 Å². The predicted octanol–water partition coefficient (Wildman–Crippen LogP) is 2.05. The number of nitrogens with zero attached hydrogens (tertiary/aromatic N) is 3. The summed E-state index contributed by atoms with van der Waals surface area (Å²) >= 11 is 2.05. The first-order valence-corrected chi connectivity index (χ1v) is 11.9. The third kappa shape index (κ3) is 6.61. The van der Waals surface area contributed by atoms with Gasteiger partial charge >= 0.3 is 5.97 Å². The Balaban J connectivity index is 0.00000300. The van der Waals surface area contributed by atoms with E-state index in [0.717, 1.165) is 77.0 Å². The number of carbonyl (C=O) groups is 1. The molecule has 9 heteroatoms. The second-order valence-corrected chi connectivity index (χ2v) is 8.92. The number of halogens is 1. The third-order valence-electron chi connectivity index (χ3n) is 6.04. The Hall–Kier alpha value is -0.260. The van der Waals surface area contributed by atoms with Gasteiger partial charge in [-0.3, -0.25) is 14.7 Å². The number of piperidine rings is 1. The van der Waals surface area contributed by atoms with Gasteiger partial charge in [0.1, 0.15) is 0 Å². The Bertz CT molecular complexity index is 532. The summed E-state index contributed by atoms with van der Waals surface area (Å²) in [6, 6.07) is 0. The van der Waals surface area contributed by atoms with E-state index in [2.05, 4.69) is 22.0 Å². The first-order valence-electron chi connectivity index (χ1n) is 10.8. The summed E-state index contributed by atoms with van der Waals surface area (Å²) in [5, 5.41) is 3.48. The first kappa shape index (κ1) is 25.0. The van der Waals surface area contributed by atoms with Gasteiger partial charge in [0.25, 0.3) is 0 Å². The second kappa shape index (κ2) is 12.6. The van der Waals surface area contributed by atoms with Crippen LogP contribution in [0.25, 0.3) is 0 Å². The van der Waals surface area contributed by atoms with E-state index in [1.807, 2.05) is 18.7 Å². The van der Waals surface area contributed by atoms with Gasteiger partial charge in [-0.05, 0) is 38.9 Å². The van der Waals surface area contributed by atoms with E-state index in [-0.39, 0.29) is 41.4 Å². The Kier molecular flexibility index (Phi) is 10.8. The summed E-state index contributed by atoms with van der Waals surface area (Å²) < 4.78 is 10.8. The van der Waals surface area contributed by atoms with Gasteiger partial charge in [0.2, 0.25) is 0 Å². The number of esters is 1. The van der Waals surface area contributed by atoms with E-state index in [1.165, 1.54) is 12.2 Å². The molecule has 0 aromatic heterocycles. The Labute approximate surface area is 196 Å². The highest BCUT2D eigenvalue weighted by Crippen LogP contribution is 2.34. The lowest BCUT2D eigenvalue weighted by Crippen LogP contribution is -2.56. The van der Waals surface area contributed by atoms with Gasteiger partial charge in [-0.15, -0.1) is 24.0 Å². The normalized spacial score (nSPS) is 26.8. The zero-order valence-electron chi connectivity index (χ0n) is 17.9. The standard InChI is InChI=1S/C20H36N4O3S.HI/c1-3-21-19(23-8-5-17(6-9-23)18(25)27-4-2)22-15-20(7-14-28-16-20)24-10-12-26-13-11-24;/h17H,3-16H2,1-2H3,(H,21,22);1H. The SMILES string of the molecule is CCNC(=NCC1(N2CCOCC2)CCSC1)N1CCC(C(=O)OCC)CC1.I. The molecule has 3 aliphatic rings. The average molecular weight is 541 g/mol. The number of carbonyl (C=O) groups excluding carboxylic acids is 1. The van der Waals surface area contributed by atoms with Crippen LogP contribution in [0.2, 0.25) is 0 Å². The molecule has 0 spiro atoms. The molecular formula is C20H37IN4O3S. The molecule has 3 aliphatic heterocycles. The lowest BCUT2D eigenvalue weighted by atomic mass is 9.95. The van der Waals surface area contributed by atoms with Crippen molar-refractivity contribution in [3.63, 3.8) is 0 Å². The Morgan fingerprint density at radius 3 is 2.55 bits per heavy atom. The van der Waals surface area contributed by atoms with Crippen molar-refractivity contribution in [2.75, 3.05) is 70.6 Å². The topological polar surface area (TPSA) is 66.4 Å². The quantitative estimate of drug-likeness (QED) is 0.240. The fourth-order valence-electron chi connectivity index (χ4n) is 4.34. The fourth-order valence-corrected chi connectivity index (χ4v) is 5.81. The molecular weight excluding hydrogens is 503 g/mol. The number of aliphatic imine (C=N–C) groups is 1. The number of nitrogens with one attached hydrogen (secondary N) is 1. The molecule has 0 aliphatic carbocycles. The number of guanidine groups is 1. The van der Waals surface area contributed by atoms with Gasteiger partial charge in [-0.2, -0.15) is 11.8 Å². The molecule has 0 radical (unpaired) electrons. The molecule has 3 fully saturated rings. The molecule has 1 N–H and O–H groups in total. The van der Waals surface area contributed by atoms with Crippen molar-refractivity contribution in [2.45, 2.75) is 38.6 Å². The maximum absolute atomic E-state index is 12.0. The van der Waals surface area contributed by atoms with Gasteiger partial charge < -0.3 is 19.7 Å². The maximum atomic E-state index is 12.0. The summed E-state index contributed by atoms with van der Waals surface area (Å²) in [4.78, 5) is 22.0. The minimum atomic E-state index is -0.0432. The molecule has 0 bridgehead atoms. The largest absolute Gasteiger partial charge is 0.466 e. The predicted molar refractivity (Wildman–Crippen MR) is 129 cm³/mol. The fraction of sp³-hybridized carbons (Fsp3) is 0.900. The first-order chi connectivity index (χ1) is 13.7. The summed E-state index contributed by atoms with van der Waals surface area (Å²) in [6.45, 7) is 11.5. The van der Waals surface area contributed by atoms with Crippen molar-refractivity contribution < 1.29 is 14.3 Å². The highest BCUT2D eigenvalue weighted by molar-refractivity contribution is 14.0. The molecule has 7 nitrogen and oxygen atoms in total. The van der Waals surface area contributed by atoms with Crippen LogP contribution in [0, 0.1) is 5.92 Å². The van der Waals surface area contributed by atoms with Crippen LogP contribution >= 0.6 is 35.7 Å². The van der Waals surface area contributed by atoms with Gasteiger partial charge in [-0.25, -0.2) is 0 Å². The van der Waals surface area contributed by atoms with Crippen LogP contribution in [0.4, 0.5) is 0 Å². The van der Waals surface area contributed by atoms with Crippen LogP contribution in [0.3, 0.4) is 0 Å². The van der Waals surface area contributed by atoms with Crippen LogP contribution in [-0.4, -0.2) is 97.9 Å². The van der Waals surface area contributed by atoms with Gasteiger partial charge in [0.05, 0.1) is 37.8 Å². The number of rotatable bonds is 6. The van der Waals surface area contributed by atoms with E-state index in [4.69, 9.17) is 14.5 Å². The van der Waals surface area contributed by atoms with E-state index < -0.39 is 0 Å². The Morgan fingerprint density at radius 1 is 1.24 bits per heavy atom. The van der Waals surface area contributed by atoms with Crippen molar-refractivity contribution in [1.82, 2.24) is 15.1 Å². The number of thioether (sulfide) groups is 1. The van der Waals surface area contributed by atoms with Crippen LogP contribution in [-0.2, 0) is 14.3 Å². The molecule has 0 amide bonds. The highest BCUT2D eigenvalue weighted by atomic mass is 127. The molecule has 29 heavy (non-hydrogen) atoms. The van der Waals surface area contributed by atoms with Gasteiger partial charge in [0, 0.05) is 38.5 Å². The van der Waals surface area contributed by atoms with Crippen molar-refractivity contribution in [2.24, 2.45) is 10.9 Å². The zero-order chi connectivity index (χ0) is 19.8. The number of hydrogen-bond acceptors (Lipinski definition) is 6. The lowest BCUT2D eigenvalue weighted by Gasteiger charge is -2.42. The Morgan fingerprint density at radius 2 is 1.97 bits per heavy atom. The van der Waals surface area contributed by atoms with Crippen LogP contribution in [0.15, 0.2) is 4.99 Å². The van der Waals surface area contributed by atoms with E-state index in [0.29, 0.717) is 6.61 Å². The molecule has 0 aromatic rings. The van der Waals surface area contributed by atoms with Gasteiger partial charge in [0.15, 0.2) is 5.96 Å². The number of morpholine rings is 1. The van der Waals surface area contributed by atoms with Crippen LogP contribution < -0.4 is 5.32 Å². The molecule has 0 saturated carbocycles. The lowest BCUT2D eigenvalue weighted by molar-refractivity contribution is -0.149. The van der Waals surface area contributed by atoms with Crippen LogP contribution in [0.5, 0.6) is 0 Å². The smallest absolute Gasteiger partial charge is 0.309 e. The third-order valence-corrected chi connectivity index (χ3v) is 7.27. The minimum Gasteiger partial charge on any atom is -0.466 e. The van der Waals surface area contributed by atoms with Crippen molar-refractivity contribution in [1.29, 1.82) is 0 Å². The average Bonchev–Trinajstić information content (AvgIpc) is 3.22. The number of likely N-dealkylation sites (tertiary alicyclic amines) is 1. The summed E-state index contributed by atoms with van der Waals surface area (Å²) in [6.07, 6.45) is 2.88. The summed E-state index contributed by atoms with van der Waals surface area (Å²) in [5.74, 6) is 3.35. The van der Waals surface area contributed by atoms with Crippen molar-refractivity contribution in [3.8, 4) is 0 Å². The molecule has 1 unspecified atom stereocenters. The minimum absolute atomic E-state index is 0. The molecule has 3 saturated heterocycles. The molecule has 3 rings (SSSR count). The molecule has 0 aromatic carbocycles. The number of ether oxygens (including phenoxy) is 2. The highest BCUT2D eigenvalue weighted by Gasteiger charge is 2.41. The van der Waals surface area contributed by atoms with Crippen molar-refractivity contribution >= 4 is 47.7 Å². The maximum Gasteiger partial charge on any atom is 0.309 e. The molecule has 1 atom stereocenters. The van der Waals surface area contributed by atoms with E-state index in [9.17, 15) is 4.79 Å². The second-order valence-electron chi connectivity index (χ2n) is 7.81.